The number of carbonyl (C=O) groups is 2. The van der Waals surface area contributed by atoms with Gasteiger partial charge in [-0.1, -0.05) is 12.1 Å². The van der Waals surface area contributed by atoms with E-state index in [2.05, 4.69) is 0 Å². The van der Waals surface area contributed by atoms with Gasteiger partial charge in [0.1, 0.15) is 0 Å². The van der Waals surface area contributed by atoms with Gasteiger partial charge in [-0.05, 0) is 35.1 Å². The van der Waals surface area contributed by atoms with Gasteiger partial charge in [-0.15, -0.1) is 0 Å². The summed E-state index contributed by atoms with van der Waals surface area (Å²) in [5.41, 5.74) is 0. The number of hydrogen-bond acceptors (Lipinski definition) is 8. The molecule has 2 rings (SSSR count). The van der Waals surface area contributed by atoms with Gasteiger partial charge in [-0.2, -0.15) is 25.3 Å². The quantitative estimate of drug-likeness (QED) is 0.526. The number of ketones is 2. The topological polar surface area (TPSA) is 159 Å². The summed E-state index contributed by atoms with van der Waals surface area (Å²) in [5, 5.41) is 4.08. The molecule has 0 aromatic carbocycles. The van der Waals surface area contributed by atoms with E-state index in [0.717, 1.165) is 0 Å². The lowest BCUT2D eigenvalue weighted by Crippen LogP contribution is -2.58. The molecule has 1 aliphatic rings. The van der Waals surface area contributed by atoms with Crippen LogP contribution in [-0.4, -0.2) is 16.2 Å². The molecule has 9 heteroatoms. The van der Waals surface area contributed by atoms with Gasteiger partial charge in [0.05, 0.1) is 14.9 Å². The van der Waals surface area contributed by atoms with Gasteiger partial charge in [-0.3, -0.25) is 9.59 Å². The minimum absolute atomic E-state index is 0. The van der Waals surface area contributed by atoms with Crippen molar-refractivity contribution < 1.29 is 38.5 Å². The van der Waals surface area contributed by atoms with Crippen molar-refractivity contribution in [3.05, 3.63) is 47.2 Å². The zero-order chi connectivity index (χ0) is 14.0. The van der Waals surface area contributed by atoms with Crippen LogP contribution >= 0.6 is 11.3 Å². The third-order valence-corrected chi connectivity index (χ3v) is 1.88. The Morgan fingerprint density at radius 2 is 1.16 bits per heavy atom. The largest absolute Gasteiger partial charge is 0.344 e. The van der Waals surface area contributed by atoms with E-state index in [1.807, 2.05) is 22.9 Å². The molecule has 1 heterocycles. The van der Waals surface area contributed by atoms with E-state index >= 15 is 0 Å². The fraction of sp³-hybridized carbons (Fsp3) is 0. The van der Waals surface area contributed by atoms with Crippen molar-refractivity contribution in [2.45, 2.75) is 0 Å². The summed E-state index contributed by atoms with van der Waals surface area (Å²) < 4.78 is 32.7. The van der Waals surface area contributed by atoms with Crippen LogP contribution in [0.5, 0.6) is 0 Å². The van der Waals surface area contributed by atoms with Crippen LogP contribution in [0.15, 0.2) is 47.2 Å². The number of carbonyl (C=O) groups excluding carboxylic acids is 2. The lowest BCUT2D eigenvalue weighted by molar-refractivity contribution is -1.92. The summed E-state index contributed by atoms with van der Waals surface area (Å²) in [5.74, 6) is -0.241. The fourth-order valence-corrected chi connectivity index (χ4v) is 1.12. The maximum atomic E-state index is 10.3. The predicted octanol–water partition coefficient (Wildman–Crippen LogP) is -1.96. The van der Waals surface area contributed by atoms with Crippen molar-refractivity contribution in [1.82, 2.24) is 6.15 Å². The van der Waals surface area contributed by atoms with Crippen LogP contribution < -0.4 is 20.1 Å². The van der Waals surface area contributed by atoms with E-state index in [1.165, 1.54) is 24.3 Å². The third-order valence-electron chi connectivity index (χ3n) is 1.25. The Morgan fingerprint density at radius 3 is 1.32 bits per heavy atom. The molecule has 106 valence electrons. The number of allylic oxidation sites excluding steroid dienone is 4. The second-order valence-corrected chi connectivity index (χ2v) is 4.27. The van der Waals surface area contributed by atoms with Gasteiger partial charge in [0, 0.05) is 0 Å². The maximum Gasteiger partial charge on any atom is 0.178 e. The van der Waals surface area contributed by atoms with Crippen LogP contribution in [-0.2, 0) is 9.59 Å². The van der Waals surface area contributed by atoms with Crippen LogP contribution in [0.1, 0.15) is 0 Å². The van der Waals surface area contributed by atoms with Crippen LogP contribution in [0, 0.1) is 10.2 Å². The Morgan fingerprint density at radius 1 is 0.895 bits per heavy atom. The molecule has 0 radical (unpaired) electrons. The minimum Gasteiger partial charge on any atom is -0.344 e. The summed E-state index contributed by atoms with van der Waals surface area (Å²) in [7, 11) is -4.69. The SMILES string of the molecule is N.O=C1C=CC(=O)C=C1.[O-][Cl+3]([O-])([O-])O.c1ccsc1. The average Bonchev–Trinajstić information content (AvgIpc) is 2.78. The van der Waals surface area contributed by atoms with Gasteiger partial charge in [0.15, 0.2) is 11.6 Å². The highest BCUT2D eigenvalue weighted by atomic mass is 35.7. The zero-order valence-electron chi connectivity index (χ0n) is 9.60. The molecule has 1 aromatic rings. The number of hydrogen-bond donors (Lipinski definition) is 2. The van der Waals surface area contributed by atoms with Crippen LogP contribution in [0.25, 0.3) is 0 Å². The zero-order valence-corrected chi connectivity index (χ0v) is 11.2. The smallest absolute Gasteiger partial charge is 0.178 e. The molecule has 1 aliphatic carbocycles. The molecule has 4 N–H and O–H groups in total. The molecule has 0 amide bonds. The van der Waals surface area contributed by atoms with Crippen molar-refractivity contribution in [2.75, 3.05) is 0 Å². The normalized spacial score (nSPS) is 12.6. The second kappa shape index (κ2) is 10.5. The van der Waals surface area contributed by atoms with Crippen molar-refractivity contribution >= 4 is 22.9 Å². The number of halogens is 1. The first-order chi connectivity index (χ1) is 8.29. The number of thiophene rings is 1. The van der Waals surface area contributed by atoms with Crippen LogP contribution in [0.3, 0.4) is 0 Å². The molecule has 0 atom stereocenters. The van der Waals surface area contributed by atoms with E-state index in [0.29, 0.717) is 0 Å². The molecule has 1 aromatic heterocycles. The molecular formula is C10H12ClNO6S. The Balaban J connectivity index is 0. The highest BCUT2D eigenvalue weighted by molar-refractivity contribution is 7.07. The Labute approximate surface area is 115 Å². The van der Waals surface area contributed by atoms with Crippen molar-refractivity contribution in [3.63, 3.8) is 0 Å². The van der Waals surface area contributed by atoms with E-state index < -0.39 is 10.2 Å². The summed E-state index contributed by atoms with van der Waals surface area (Å²) in [6, 6.07) is 4.04. The predicted molar refractivity (Wildman–Crippen MR) is 59.9 cm³/mol. The average molecular weight is 310 g/mol. The Hall–Kier alpha value is -1.39. The summed E-state index contributed by atoms with van der Waals surface area (Å²) in [6.45, 7) is 0. The Bertz CT molecular complexity index is 363. The van der Waals surface area contributed by atoms with Gasteiger partial charge in [0.25, 0.3) is 0 Å². The van der Waals surface area contributed by atoms with Gasteiger partial charge in [-0.25, -0.2) is 0 Å². The third kappa shape index (κ3) is 19.1. The van der Waals surface area contributed by atoms with Crippen molar-refractivity contribution in [1.29, 1.82) is 0 Å². The summed E-state index contributed by atoms with van der Waals surface area (Å²) in [4.78, 5) is 20.6. The highest BCUT2D eigenvalue weighted by Crippen LogP contribution is 1.91. The molecule has 0 aliphatic heterocycles. The molecule has 19 heavy (non-hydrogen) atoms. The van der Waals surface area contributed by atoms with E-state index in [4.69, 9.17) is 18.6 Å². The lowest BCUT2D eigenvalue weighted by Gasteiger charge is -2.03. The fourth-order valence-electron chi connectivity index (χ4n) is 0.666. The molecule has 0 unspecified atom stereocenters. The second-order valence-electron chi connectivity index (χ2n) is 2.66. The van der Waals surface area contributed by atoms with Crippen molar-refractivity contribution in [2.24, 2.45) is 0 Å². The molecule has 7 nitrogen and oxygen atoms in total. The van der Waals surface area contributed by atoms with E-state index in [1.54, 1.807) is 11.3 Å². The first-order valence-electron chi connectivity index (χ1n) is 4.33. The van der Waals surface area contributed by atoms with Crippen LogP contribution in [0.4, 0.5) is 0 Å². The van der Waals surface area contributed by atoms with Gasteiger partial charge < -0.3 is 6.15 Å². The molecule has 0 bridgehead atoms. The Kier molecular flexibility index (Phi) is 11.0. The first kappa shape index (κ1) is 19.9. The molecular weight excluding hydrogens is 298 g/mol. The molecule has 0 saturated carbocycles. The minimum atomic E-state index is -4.69. The summed E-state index contributed by atoms with van der Waals surface area (Å²) in [6.07, 6.45) is 5.01. The highest BCUT2D eigenvalue weighted by Gasteiger charge is 1.99. The van der Waals surface area contributed by atoms with E-state index in [9.17, 15) is 9.59 Å². The molecule has 0 fully saturated rings. The lowest BCUT2D eigenvalue weighted by atomic mass is 10.2. The van der Waals surface area contributed by atoms with Gasteiger partial charge in [0.2, 0.25) is 0 Å². The van der Waals surface area contributed by atoms with Crippen LogP contribution in [0.2, 0.25) is 0 Å². The standard InChI is InChI=1S/C6H4O2.C4H4S.ClHO4.H3N/c7-5-1-2-6(8)4-3-5;1-2-4-5-3-1;2-1(3,4)5;/h1-4H;1-4H;(H,2,3,4,5);1H3. The molecule has 0 spiro atoms. The van der Waals surface area contributed by atoms with E-state index in [-0.39, 0.29) is 17.7 Å². The first-order valence-corrected chi connectivity index (χ1v) is 6.54. The monoisotopic (exact) mass is 309 g/mol. The van der Waals surface area contributed by atoms with Gasteiger partial charge >= 0.3 is 0 Å². The number of rotatable bonds is 0. The van der Waals surface area contributed by atoms with Crippen molar-refractivity contribution in [3.8, 4) is 0 Å². The molecule has 0 saturated heterocycles. The summed E-state index contributed by atoms with van der Waals surface area (Å²) >= 11 is 1.71. The maximum absolute atomic E-state index is 10.3.